The predicted molar refractivity (Wildman–Crippen MR) is 100 cm³/mol. The first-order valence-electron chi connectivity index (χ1n) is 7.25. The van der Waals surface area contributed by atoms with Gasteiger partial charge in [0.2, 0.25) is 0 Å². The molecule has 0 aliphatic heterocycles. The minimum Gasteiger partial charge on any atom is -0.360 e. The quantitative estimate of drug-likeness (QED) is 0.221. The molecule has 3 N–H and O–H groups in total. The maximum atomic E-state index is 12.2. The fraction of sp³-hybridized carbons (Fsp3) is 0. The summed E-state index contributed by atoms with van der Waals surface area (Å²) in [4.78, 5) is 12.5. The van der Waals surface area contributed by atoms with Crippen LogP contribution in [0.4, 0.5) is 11.4 Å². The lowest BCUT2D eigenvalue weighted by atomic mass is 10.2. The minimum absolute atomic E-state index is 0.106. The van der Waals surface area contributed by atoms with Crippen molar-refractivity contribution in [3.8, 4) is 11.5 Å². The number of carbonyl (C=O) groups excluding carboxylic acids is 1. The van der Waals surface area contributed by atoms with Gasteiger partial charge in [0.15, 0.2) is 0 Å². The first kappa shape index (κ1) is 20.0. The second kappa shape index (κ2) is 8.87. The number of carbonyl (C=O) groups is 1. The maximum absolute atomic E-state index is 12.2. The van der Waals surface area contributed by atoms with Gasteiger partial charge in [0.25, 0.3) is 16.0 Å². The van der Waals surface area contributed by atoms with Crippen LogP contribution in [0.15, 0.2) is 70.1 Å². The summed E-state index contributed by atoms with van der Waals surface area (Å²) in [5.41, 5.74) is 0.461. The van der Waals surface area contributed by atoms with Crippen LogP contribution in [0.3, 0.4) is 0 Å². The highest BCUT2D eigenvalue weighted by atomic mass is 32.2. The van der Waals surface area contributed by atoms with Crippen LogP contribution in [0.5, 0.6) is 0 Å². The Morgan fingerprint density at radius 3 is 2.41 bits per heavy atom. The van der Waals surface area contributed by atoms with Crippen LogP contribution in [-0.2, 0) is 14.9 Å². The van der Waals surface area contributed by atoms with E-state index in [4.69, 9.17) is 15.1 Å². The highest BCUT2D eigenvalue weighted by molar-refractivity contribution is 8.03. The Hall–Kier alpha value is -3.31. The first-order chi connectivity index (χ1) is 12.8. The first-order valence-corrected chi connectivity index (χ1v) is 9.51. The van der Waals surface area contributed by atoms with Crippen LogP contribution in [0.25, 0.3) is 0 Å². The van der Waals surface area contributed by atoms with Crippen molar-refractivity contribution in [1.29, 1.82) is 10.5 Å². The lowest BCUT2D eigenvalue weighted by Gasteiger charge is -2.06. The van der Waals surface area contributed by atoms with Gasteiger partial charge >= 0.3 is 0 Å². The number of thioether (sulfide) groups is 1. The number of nitriles is 2. The van der Waals surface area contributed by atoms with Gasteiger partial charge in [-0.3, -0.25) is 9.35 Å². The fourth-order valence-electron chi connectivity index (χ4n) is 1.91. The van der Waals surface area contributed by atoms with Crippen LogP contribution in [-0.4, -0.2) is 18.9 Å². The second-order valence-corrected chi connectivity index (χ2v) is 7.27. The summed E-state index contributed by atoms with van der Waals surface area (Å²) in [7, 11) is -4.41. The number of rotatable bonds is 6. The van der Waals surface area contributed by atoms with Gasteiger partial charge in [-0.25, -0.2) is 0 Å². The molecule has 0 aliphatic rings. The lowest BCUT2D eigenvalue weighted by molar-refractivity contribution is -0.112. The Morgan fingerprint density at radius 2 is 1.81 bits per heavy atom. The SMILES string of the molecule is N#CSc1ccc(N/C=C(/C#N)C(=O)Nc2cccc(S(=O)(=O)O)c2)cc1. The van der Waals surface area contributed by atoms with Crippen molar-refractivity contribution >= 4 is 39.2 Å². The molecule has 1 amide bonds. The Morgan fingerprint density at radius 1 is 1.11 bits per heavy atom. The summed E-state index contributed by atoms with van der Waals surface area (Å²) in [5.74, 6) is -0.755. The van der Waals surface area contributed by atoms with Gasteiger partial charge in [-0.2, -0.15) is 18.9 Å². The number of hydrogen-bond acceptors (Lipinski definition) is 7. The summed E-state index contributed by atoms with van der Waals surface area (Å²) in [6.07, 6.45) is 1.20. The number of anilines is 2. The molecule has 0 bridgehead atoms. The van der Waals surface area contributed by atoms with Crippen LogP contribution in [0.2, 0.25) is 0 Å². The summed E-state index contributed by atoms with van der Waals surface area (Å²) < 4.78 is 31.3. The third-order valence-electron chi connectivity index (χ3n) is 3.16. The third kappa shape index (κ3) is 5.87. The van der Waals surface area contributed by atoms with Crippen LogP contribution < -0.4 is 10.6 Å². The molecule has 136 valence electrons. The molecule has 8 nitrogen and oxygen atoms in total. The Kier molecular flexibility index (Phi) is 6.57. The van der Waals surface area contributed by atoms with Crippen molar-refractivity contribution in [3.63, 3.8) is 0 Å². The van der Waals surface area contributed by atoms with Gasteiger partial charge in [0.05, 0.1) is 4.90 Å². The largest absolute Gasteiger partial charge is 0.360 e. The molecule has 0 aliphatic carbocycles. The van der Waals surface area contributed by atoms with Gasteiger partial charge in [-0.05, 0) is 54.2 Å². The normalized spacial score (nSPS) is 11.1. The average molecular weight is 400 g/mol. The van der Waals surface area contributed by atoms with Crippen molar-refractivity contribution < 1.29 is 17.8 Å². The molecular weight excluding hydrogens is 388 g/mol. The van der Waals surface area contributed by atoms with Crippen LogP contribution in [0, 0.1) is 22.0 Å². The zero-order valence-electron chi connectivity index (χ0n) is 13.6. The van der Waals surface area contributed by atoms with E-state index in [1.165, 1.54) is 24.4 Å². The van der Waals surface area contributed by atoms with Gasteiger partial charge in [-0.15, -0.1) is 0 Å². The molecule has 2 rings (SSSR count). The number of nitrogens with one attached hydrogen (secondary N) is 2. The van der Waals surface area contributed by atoms with Gasteiger partial charge in [0.1, 0.15) is 17.0 Å². The number of hydrogen-bond donors (Lipinski definition) is 3. The molecular formula is C17H12N4O4S2. The van der Waals surface area contributed by atoms with Crippen molar-refractivity contribution in [2.24, 2.45) is 0 Å². The molecule has 27 heavy (non-hydrogen) atoms. The van der Waals surface area contributed by atoms with Crippen LogP contribution >= 0.6 is 11.8 Å². The van der Waals surface area contributed by atoms with Gasteiger partial charge in [0, 0.05) is 22.5 Å². The summed E-state index contributed by atoms with van der Waals surface area (Å²) in [6, 6.07) is 13.5. The number of thiocyanates is 1. The monoisotopic (exact) mass is 400 g/mol. The Labute approximate surface area is 159 Å². The number of benzene rings is 2. The van der Waals surface area contributed by atoms with E-state index < -0.39 is 16.0 Å². The van der Waals surface area contributed by atoms with E-state index in [0.29, 0.717) is 5.69 Å². The van der Waals surface area contributed by atoms with Gasteiger partial charge < -0.3 is 10.6 Å². The van der Waals surface area contributed by atoms with Gasteiger partial charge in [-0.1, -0.05) is 6.07 Å². The third-order valence-corrected chi connectivity index (χ3v) is 4.60. The zero-order valence-corrected chi connectivity index (χ0v) is 15.2. The fourth-order valence-corrected chi connectivity index (χ4v) is 2.81. The maximum Gasteiger partial charge on any atom is 0.294 e. The van der Waals surface area contributed by atoms with E-state index in [0.717, 1.165) is 22.7 Å². The van der Waals surface area contributed by atoms with E-state index in [1.807, 2.05) is 5.40 Å². The molecule has 0 spiro atoms. The van der Waals surface area contributed by atoms with E-state index in [1.54, 1.807) is 30.3 Å². The van der Waals surface area contributed by atoms with E-state index in [-0.39, 0.29) is 16.2 Å². The topological polar surface area (TPSA) is 143 Å². The molecule has 0 fully saturated rings. The van der Waals surface area contributed by atoms with Crippen molar-refractivity contribution in [3.05, 3.63) is 60.3 Å². The van der Waals surface area contributed by atoms with Crippen molar-refractivity contribution in [1.82, 2.24) is 0 Å². The smallest absolute Gasteiger partial charge is 0.294 e. The minimum atomic E-state index is -4.41. The van der Waals surface area contributed by atoms with E-state index in [9.17, 15) is 13.2 Å². The summed E-state index contributed by atoms with van der Waals surface area (Å²) >= 11 is 1.01. The van der Waals surface area contributed by atoms with Crippen molar-refractivity contribution in [2.75, 3.05) is 10.6 Å². The van der Waals surface area contributed by atoms with Crippen LogP contribution in [0.1, 0.15) is 0 Å². The highest BCUT2D eigenvalue weighted by Gasteiger charge is 2.13. The molecule has 10 heteroatoms. The summed E-state index contributed by atoms with van der Waals surface area (Å²) in [5, 5.41) is 24.9. The molecule has 0 aromatic heterocycles. The molecule has 0 saturated heterocycles. The predicted octanol–water partition coefficient (Wildman–Crippen LogP) is 2.96. The molecule has 2 aromatic carbocycles. The summed E-state index contributed by atoms with van der Waals surface area (Å²) in [6.45, 7) is 0. The molecule has 0 radical (unpaired) electrons. The van der Waals surface area contributed by atoms with E-state index in [2.05, 4.69) is 10.6 Å². The molecule has 2 aromatic rings. The average Bonchev–Trinajstić information content (AvgIpc) is 2.63. The molecule has 0 saturated carbocycles. The Balaban J connectivity index is 2.10. The second-order valence-electron chi connectivity index (χ2n) is 4.99. The number of nitrogens with zero attached hydrogens (tertiary/aromatic N) is 2. The van der Waals surface area contributed by atoms with E-state index >= 15 is 0 Å². The lowest BCUT2D eigenvalue weighted by Crippen LogP contribution is -2.15. The number of amides is 1. The molecule has 0 heterocycles. The standard InChI is InChI=1S/C17H12N4O4S2/c18-9-12(10-20-13-4-6-15(7-5-13)26-11-19)17(22)21-14-2-1-3-16(8-14)27(23,24)25/h1-8,10,20H,(H,21,22)(H,23,24,25)/b12-10-. The molecule has 0 unspecified atom stereocenters. The highest BCUT2D eigenvalue weighted by Crippen LogP contribution is 2.19. The van der Waals surface area contributed by atoms with Crippen molar-refractivity contribution in [2.45, 2.75) is 9.79 Å². The Bertz CT molecular complexity index is 1070. The molecule has 0 atom stereocenters. The zero-order chi connectivity index (χ0) is 19.9.